The van der Waals surface area contributed by atoms with Gasteiger partial charge in [0.25, 0.3) is 5.91 Å². The Morgan fingerprint density at radius 1 is 1.33 bits per heavy atom. The number of carbonyl (C=O) groups is 2. The van der Waals surface area contributed by atoms with E-state index in [0.29, 0.717) is 10.9 Å². The van der Waals surface area contributed by atoms with Gasteiger partial charge >= 0.3 is 0 Å². The van der Waals surface area contributed by atoms with Crippen molar-refractivity contribution in [3.8, 4) is 11.4 Å². The number of aromatic nitrogens is 3. The maximum absolute atomic E-state index is 12.6. The highest BCUT2D eigenvalue weighted by Gasteiger charge is 2.20. The number of amides is 2. The summed E-state index contributed by atoms with van der Waals surface area (Å²) in [4.78, 5) is 27.9. The van der Waals surface area contributed by atoms with Crippen molar-refractivity contribution >= 4 is 40.0 Å². The average Bonchev–Trinajstić information content (AvgIpc) is 3.24. The van der Waals surface area contributed by atoms with Gasteiger partial charge in [0.05, 0.1) is 34.6 Å². The number of hydrogen-bond acceptors (Lipinski definition) is 7. The number of para-hydroxylation sites is 1. The monoisotopic (exact) mass is 403 g/mol. The molecule has 0 aliphatic rings. The van der Waals surface area contributed by atoms with Gasteiger partial charge in [0, 0.05) is 0 Å². The van der Waals surface area contributed by atoms with Gasteiger partial charge < -0.3 is 10.5 Å². The van der Waals surface area contributed by atoms with Gasteiger partial charge in [0.1, 0.15) is 0 Å². The lowest BCUT2D eigenvalue weighted by Gasteiger charge is -2.01. The highest BCUT2D eigenvalue weighted by Crippen LogP contribution is 2.32. The van der Waals surface area contributed by atoms with Crippen LogP contribution in [0.5, 0.6) is 5.75 Å². The van der Waals surface area contributed by atoms with Crippen LogP contribution in [0.25, 0.3) is 5.69 Å². The smallest absolute Gasteiger partial charge is 0.281 e. The van der Waals surface area contributed by atoms with E-state index in [-0.39, 0.29) is 11.4 Å². The molecule has 3 rings (SSSR count). The summed E-state index contributed by atoms with van der Waals surface area (Å²) in [5.74, 6) is -0.324. The maximum Gasteiger partial charge on any atom is 0.281 e. The van der Waals surface area contributed by atoms with Crippen LogP contribution in [0.3, 0.4) is 0 Å². The number of nitrogens with zero attached hydrogens (tertiary/aromatic N) is 3. The highest BCUT2D eigenvalue weighted by atomic mass is 32.2. The second-order valence-corrected chi connectivity index (χ2v) is 7.67. The third kappa shape index (κ3) is 4.47. The molecule has 1 aromatic carbocycles. The van der Waals surface area contributed by atoms with Gasteiger partial charge in [-0.1, -0.05) is 29.5 Å². The summed E-state index contributed by atoms with van der Waals surface area (Å²) in [5.41, 5.74) is 6.86. The Morgan fingerprint density at radius 3 is 2.74 bits per heavy atom. The second kappa shape index (κ2) is 8.23. The van der Waals surface area contributed by atoms with Crippen LogP contribution in [0, 0.1) is 6.92 Å². The fourth-order valence-corrected chi connectivity index (χ4v) is 4.11. The molecule has 0 bridgehead atoms. The SMILES string of the molecule is COc1cn(-c2ccccc2)nc1C(=O)Nc1nc(C)c(SCC(N)=O)s1. The molecule has 0 saturated heterocycles. The van der Waals surface area contributed by atoms with Crippen molar-refractivity contribution in [3.05, 3.63) is 47.9 Å². The lowest BCUT2D eigenvalue weighted by molar-refractivity contribution is -0.115. The van der Waals surface area contributed by atoms with Gasteiger partial charge in [-0.2, -0.15) is 5.10 Å². The molecular weight excluding hydrogens is 386 g/mol. The number of thioether (sulfide) groups is 1. The number of hydrogen-bond donors (Lipinski definition) is 2. The zero-order valence-corrected chi connectivity index (χ0v) is 16.3. The molecule has 8 nitrogen and oxygen atoms in total. The van der Waals surface area contributed by atoms with Crippen molar-refractivity contribution in [2.45, 2.75) is 11.1 Å². The van der Waals surface area contributed by atoms with E-state index < -0.39 is 11.8 Å². The number of anilines is 1. The maximum atomic E-state index is 12.6. The molecule has 140 valence electrons. The van der Waals surface area contributed by atoms with E-state index in [9.17, 15) is 9.59 Å². The minimum atomic E-state index is -0.429. The molecule has 0 saturated carbocycles. The number of benzene rings is 1. The average molecular weight is 403 g/mol. The van der Waals surface area contributed by atoms with E-state index in [0.717, 1.165) is 15.6 Å². The number of ether oxygens (including phenoxy) is 1. The van der Waals surface area contributed by atoms with Gasteiger partial charge in [-0.3, -0.25) is 14.9 Å². The molecule has 3 aromatic rings. The summed E-state index contributed by atoms with van der Waals surface area (Å²) in [7, 11) is 1.48. The van der Waals surface area contributed by atoms with Crippen molar-refractivity contribution in [1.82, 2.24) is 14.8 Å². The zero-order valence-electron chi connectivity index (χ0n) is 14.6. The lowest BCUT2D eigenvalue weighted by atomic mass is 10.3. The van der Waals surface area contributed by atoms with Gasteiger partial charge in [0.15, 0.2) is 16.6 Å². The summed E-state index contributed by atoms with van der Waals surface area (Å²) in [5, 5.41) is 7.47. The van der Waals surface area contributed by atoms with Crippen LogP contribution in [-0.2, 0) is 4.79 Å². The second-order valence-electron chi connectivity index (χ2n) is 5.43. The fraction of sp³-hybridized carbons (Fsp3) is 0.176. The Morgan fingerprint density at radius 2 is 2.07 bits per heavy atom. The van der Waals surface area contributed by atoms with Gasteiger partial charge in [-0.15, -0.1) is 11.8 Å². The number of nitrogens with two attached hydrogens (primary N) is 1. The van der Waals surface area contributed by atoms with E-state index in [2.05, 4.69) is 15.4 Å². The predicted molar refractivity (Wildman–Crippen MR) is 105 cm³/mol. The Hall–Kier alpha value is -2.85. The number of thiazole rings is 1. The van der Waals surface area contributed by atoms with Crippen molar-refractivity contribution in [2.24, 2.45) is 5.73 Å². The van der Waals surface area contributed by atoms with E-state index in [1.807, 2.05) is 30.3 Å². The zero-order chi connectivity index (χ0) is 19.4. The van der Waals surface area contributed by atoms with E-state index in [1.165, 1.54) is 30.2 Å². The summed E-state index contributed by atoms with van der Waals surface area (Å²) in [6, 6.07) is 9.41. The first-order valence-corrected chi connectivity index (χ1v) is 9.67. The minimum Gasteiger partial charge on any atom is -0.493 e. The summed E-state index contributed by atoms with van der Waals surface area (Å²) in [6.07, 6.45) is 1.64. The molecule has 27 heavy (non-hydrogen) atoms. The van der Waals surface area contributed by atoms with Crippen LogP contribution in [0.2, 0.25) is 0 Å². The number of aryl methyl sites for hydroxylation is 1. The molecule has 2 amide bonds. The summed E-state index contributed by atoms with van der Waals surface area (Å²) >= 11 is 2.57. The molecule has 3 N–H and O–H groups in total. The van der Waals surface area contributed by atoms with Crippen molar-refractivity contribution < 1.29 is 14.3 Å². The third-order valence-corrected chi connectivity index (χ3v) is 5.91. The molecule has 0 aliphatic carbocycles. The molecule has 0 unspecified atom stereocenters. The fourth-order valence-electron chi connectivity index (χ4n) is 2.24. The third-order valence-electron chi connectivity index (χ3n) is 3.46. The van der Waals surface area contributed by atoms with E-state index in [4.69, 9.17) is 10.5 Å². The van der Waals surface area contributed by atoms with Gasteiger partial charge in [-0.25, -0.2) is 9.67 Å². The predicted octanol–water partition coefficient (Wildman–Crippen LogP) is 2.48. The molecule has 0 fully saturated rings. The quantitative estimate of drug-likeness (QED) is 0.586. The standard InChI is InChI=1S/C17H17N5O3S2/c1-10-16(26-9-13(18)23)27-17(19-10)20-15(24)14-12(25-2)8-22(21-14)11-6-4-3-5-7-11/h3-8H,9H2,1-2H3,(H2,18,23)(H,19,20,24). The van der Waals surface area contributed by atoms with Crippen LogP contribution in [0.15, 0.2) is 40.7 Å². The number of primary amides is 1. The summed E-state index contributed by atoms with van der Waals surface area (Å²) in [6.45, 7) is 1.81. The van der Waals surface area contributed by atoms with Crippen molar-refractivity contribution in [1.29, 1.82) is 0 Å². The van der Waals surface area contributed by atoms with Crippen molar-refractivity contribution in [2.75, 3.05) is 18.2 Å². The number of rotatable bonds is 7. The first-order valence-electron chi connectivity index (χ1n) is 7.87. The van der Waals surface area contributed by atoms with Crippen LogP contribution in [-0.4, -0.2) is 39.4 Å². The number of nitrogens with one attached hydrogen (secondary N) is 1. The Bertz CT molecular complexity index is 968. The molecule has 0 spiro atoms. The van der Waals surface area contributed by atoms with Gasteiger partial charge in [-0.05, 0) is 19.1 Å². The normalized spacial score (nSPS) is 10.6. The Labute approximate surface area is 163 Å². The Kier molecular flexibility index (Phi) is 5.77. The van der Waals surface area contributed by atoms with Crippen LogP contribution in [0.1, 0.15) is 16.2 Å². The first-order chi connectivity index (χ1) is 13.0. The Balaban J connectivity index is 1.79. The molecule has 0 atom stereocenters. The topological polar surface area (TPSA) is 112 Å². The first kappa shape index (κ1) is 18.9. The van der Waals surface area contributed by atoms with E-state index in [1.54, 1.807) is 17.8 Å². The number of methoxy groups -OCH3 is 1. The molecule has 2 aromatic heterocycles. The van der Waals surface area contributed by atoms with E-state index >= 15 is 0 Å². The van der Waals surface area contributed by atoms with Gasteiger partial charge in [0.2, 0.25) is 5.91 Å². The molecular formula is C17H17N5O3S2. The van der Waals surface area contributed by atoms with Crippen LogP contribution < -0.4 is 15.8 Å². The largest absolute Gasteiger partial charge is 0.493 e. The van der Waals surface area contributed by atoms with Crippen LogP contribution in [0.4, 0.5) is 5.13 Å². The molecule has 0 radical (unpaired) electrons. The highest BCUT2D eigenvalue weighted by molar-refractivity contribution is 8.01. The summed E-state index contributed by atoms with van der Waals surface area (Å²) < 4.78 is 7.69. The molecule has 0 aliphatic heterocycles. The molecule has 2 heterocycles. The van der Waals surface area contributed by atoms with Crippen molar-refractivity contribution in [3.63, 3.8) is 0 Å². The minimum absolute atomic E-state index is 0.153. The lowest BCUT2D eigenvalue weighted by Crippen LogP contribution is -2.14. The van der Waals surface area contributed by atoms with Crippen LogP contribution >= 0.6 is 23.1 Å². The molecule has 10 heteroatoms. The number of carbonyl (C=O) groups excluding carboxylic acids is 2.